The maximum atomic E-state index is 9.55. The molecule has 30 heavy (non-hydrogen) atoms. The van der Waals surface area contributed by atoms with E-state index >= 15 is 0 Å². The Kier molecular flexibility index (Phi) is 28.0. The van der Waals surface area contributed by atoms with E-state index < -0.39 is 12.1 Å². The second-order valence-electron chi connectivity index (χ2n) is 5.23. The monoisotopic (exact) mass is 442 g/mol. The molecule has 0 spiro atoms. The minimum absolute atomic E-state index is 0.275. The fourth-order valence-corrected chi connectivity index (χ4v) is 3.21. The van der Waals surface area contributed by atoms with Crippen LogP contribution < -0.4 is 16.2 Å². The molecular weight excluding hydrogens is 396 g/mol. The molecule has 2 atom stereocenters. The summed E-state index contributed by atoms with van der Waals surface area (Å²) in [6.07, 6.45) is 2.42. The van der Waals surface area contributed by atoms with Gasteiger partial charge in [0.05, 0.1) is 4.90 Å². The summed E-state index contributed by atoms with van der Waals surface area (Å²) in [5, 5.41) is 7.93. The topological polar surface area (TPSA) is 98.6 Å². The Hall–Kier alpha value is -1.76. The van der Waals surface area contributed by atoms with Gasteiger partial charge in [0.1, 0.15) is 11.2 Å². The normalized spacial score (nSPS) is 13.1. The molecule has 176 valence electrons. The van der Waals surface area contributed by atoms with Crippen molar-refractivity contribution in [3.63, 3.8) is 0 Å². The number of fused-ring (bicyclic) bond motifs is 1. The van der Waals surface area contributed by atoms with Gasteiger partial charge in [-0.25, -0.2) is 0 Å². The lowest BCUT2D eigenvalue weighted by Crippen LogP contribution is -2.35. The number of nitrogens with two attached hydrogens (primary N) is 2. The van der Waals surface area contributed by atoms with E-state index in [1.54, 1.807) is 6.08 Å². The molecule has 5 nitrogen and oxygen atoms in total. The average Bonchev–Trinajstić information content (AvgIpc) is 3.12. The van der Waals surface area contributed by atoms with E-state index in [0.717, 1.165) is 18.6 Å². The average molecular weight is 443 g/mol. The van der Waals surface area contributed by atoms with Crippen LogP contribution in [0.15, 0.2) is 36.8 Å². The molecule has 5 N–H and O–H groups in total. The van der Waals surface area contributed by atoms with Gasteiger partial charge in [0.2, 0.25) is 0 Å². The van der Waals surface area contributed by atoms with E-state index in [9.17, 15) is 4.79 Å². The highest BCUT2D eigenvalue weighted by Crippen LogP contribution is 2.45. The lowest BCUT2D eigenvalue weighted by Gasteiger charge is -2.13. The lowest BCUT2D eigenvalue weighted by atomic mass is 9.98. The Morgan fingerprint density at radius 2 is 1.67 bits per heavy atom. The van der Waals surface area contributed by atoms with Crippen molar-refractivity contribution < 1.29 is 14.6 Å². The van der Waals surface area contributed by atoms with Gasteiger partial charge >= 0.3 is 0 Å². The molecule has 0 aliphatic carbocycles. The first-order valence-electron chi connectivity index (χ1n) is 10.5. The number of aliphatic hydroxyl groups is 1. The zero-order chi connectivity index (χ0) is 24.9. The number of benzene rings is 1. The second kappa shape index (κ2) is 23.5. The minimum atomic E-state index is -1.51. The molecule has 1 aromatic rings. The molecular formula is C24H46N2O3S. The van der Waals surface area contributed by atoms with Gasteiger partial charge < -0.3 is 15.6 Å². The number of carbonyl (C=O) groups excluding carboxylic acids is 1. The molecule has 0 fully saturated rings. The third-order valence-electron chi connectivity index (χ3n) is 3.34. The standard InChI is InChI=1S/C13H18OS.C3H6.C2H6N2O2.2C2H6.C2H4/c1-5-10-7-12-13(14-9(4)15-12)11(6-2)8(10)3;1-3-2;3-1(5)2(4)6;3*1-2/h7,9H,5-6H2,1-4H3;3H,1H2,2H3;1,5H,3H2,(H2,4,6);2*1-2H3;1-2H2. The number of amides is 1. The molecule has 0 bridgehead atoms. The number of allylic oxidation sites excluding steroid dienone is 1. The van der Waals surface area contributed by atoms with Crippen LogP contribution in [-0.2, 0) is 17.6 Å². The van der Waals surface area contributed by atoms with E-state index in [1.807, 2.05) is 46.4 Å². The van der Waals surface area contributed by atoms with Gasteiger partial charge in [-0.3, -0.25) is 10.5 Å². The fourth-order valence-electron chi connectivity index (χ4n) is 2.22. The van der Waals surface area contributed by atoms with Crippen molar-refractivity contribution in [1.29, 1.82) is 0 Å². The van der Waals surface area contributed by atoms with Crippen molar-refractivity contribution >= 4 is 17.7 Å². The van der Waals surface area contributed by atoms with Crippen molar-refractivity contribution in [2.75, 3.05) is 0 Å². The van der Waals surface area contributed by atoms with Crippen LogP contribution in [0.5, 0.6) is 5.75 Å². The first-order valence-corrected chi connectivity index (χ1v) is 11.4. The maximum absolute atomic E-state index is 9.55. The van der Waals surface area contributed by atoms with Crippen LogP contribution in [0, 0.1) is 6.92 Å². The van der Waals surface area contributed by atoms with Crippen molar-refractivity contribution in [2.45, 2.75) is 91.7 Å². The summed E-state index contributed by atoms with van der Waals surface area (Å²) < 4.78 is 5.87. The van der Waals surface area contributed by atoms with Crippen molar-refractivity contribution in [2.24, 2.45) is 11.5 Å². The SMILES string of the molecule is C=C.C=CC.CC.CC.CCc1cc2c(c(CC)c1C)OC(C)S2.NC(=O)C(N)O. The molecule has 1 heterocycles. The number of hydrogen-bond acceptors (Lipinski definition) is 5. The Morgan fingerprint density at radius 1 is 1.27 bits per heavy atom. The summed E-state index contributed by atoms with van der Waals surface area (Å²) in [4.78, 5) is 10.9. The first kappa shape index (κ1) is 35.7. The van der Waals surface area contributed by atoms with Crippen molar-refractivity contribution in [1.82, 2.24) is 0 Å². The molecule has 0 radical (unpaired) electrons. The summed E-state index contributed by atoms with van der Waals surface area (Å²) >= 11 is 1.84. The summed E-state index contributed by atoms with van der Waals surface area (Å²) in [7, 11) is 0. The fraction of sp³-hybridized carbons (Fsp3) is 0.542. The summed E-state index contributed by atoms with van der Waals surface area (Å²) in [6.45, 7) is 28.0. The molecule has 1 aromatic carbocycles. The van der Waals surface area contributed by atoms with Crippen LogP contribution in [0.3, 0.4) is 0 Å². The summed E-state index contributed by atoms with van der Waals surface area (Å²) in [6, 6.07) is 2.30. The third kappa shape index (κ3) is 14.3. The highest BCUT2D eigenvalue weighted by Gasteiger charge is 2.24. The van der Waals surface area contributed by atoms with E-state index in [0.29, 0.717) is 0 Å². The quantitative estimate of drug-likeness (QED) is 0.409. The zero-order valence-corrected chi connectivity index (χ0v) is 21.5. The van der Waals surface area contributed by atoms with Gasteiger partial charge in [0.15, 0.2) is 6.23 Å². The van der Waals surface area contributed by atoms with Crippen LogP contribution in [0.4, 0.5) is 0 Å². The smallest absolute Gasteiger partial charge is 0.261 e. The number of hydrogen-bond donors (Lipinski definition) is 3. The largest absolute Gasteiger partial charge is 0.478 e. The van der Waals surface area contributed by atoms with Gasteiger partial charge in [-0.1, -0.05) is 59.4 Å². The van der Waals surface area contributed by atoms with Crippen LogP contribution in [0.25, 0.3) is 0 Å². The van der Waals surface area contributed by atoms with Gasteiger partial charge in [-0.15, -0.1) is 19.7 Å². The highest BCUT2D eigenvalue weighted by atomic mass is 32.2. The number of primary amides is 1. The highest BCUT2D eigenvalue weighted by molar-refractivity contribution is 8.00. The molecule has 6 heteroatoms. The zero-order valence-electron chi connectivity index (χ0n) is 20.7. The molecule has 2 unspecified atom stereocenters. The molecule has 1 aliphatic heterocycles. The van der Waals surface area contributed by atoms with Crippen LogP contribution in [0.2, 0.25) is 0 Å². The molecule has 0 aromatic heterocycles. The Bertz CT molecular complexity index is 576. The van der Waals surface area contributed by atoms with E-state index in [-0.39, 0.29) is 5.44 Å². The Labute approximate surface area is 190 Å². The minimum Gasteiger partial charge on any atom is -0.478 e. The maximum Gasteiger partial charge on any atom is 0.261 e. The predicted molar refractivity (Wildman–Crippen MR) is 135 cm³/mol. The van der Waals surface area contributed by atoms with E-state index in [4.69, 9.17) is 9.84 Å². The van der Waals surface area contributed by atoms with Crippen molar-refractivity contribution in [3.8, 4) is 5.75 Å². The van der Waals surface area contributed by atoms with Gasteiger partial charge in [0.25, 0.3) is 5.91 Å². The summed E-state index contributed by atoms with van der Waals surface area (Å²) in [5.74, 6) is 0.236. The number of ether oxygens (including phenoxy) is 1. The van der Waals surface area contributed by atoms with Crippen LogP contribution >= 0.6 is 11.8 Å². The Balaban J connectivity index is -0.000000189. The molecule has 1 aliphatic rings. The summed E-state index contributed by atoms with van der Waals surface area (Å²) in [5.41, 5.74) is 13.5. The van der Waals surface area contributed by atoms with Crippen molar-refractivity contribution in [3.05, 3.63) is 48.6 Å². The molecule has 0 saturated heterocycles. The third-order valence-corrected chi connectivity index (χ3v) is 4.33. The van der Waals surface area contributed by atoms with Crippen LogP contribution in [-0.4, -0.2) is 22.7 Å². The number of aryl methyl sites for hydroxylation is 1. The number of carbonyl (C=O) groups is 1. The van der Waals surface area contributed by atoms with E-state index in [1.165, 1.54) is 21.6 Å². The second-order valence-corrected chi connectivity index (χ2v) is 6.57. The van der Waals surface area contributed by atoms with Crippen LogP contribution in [0.1, 0.15) is 72.1 Å². The molecule has 1 amide bonds. The van der Waals surface area contributed by atoms with Gasteiger partial charge in [0, 0.05) is 0 Å². The Morgan fingerprint density at radius 3 is 1.97 bits per heavy atom. The lowest BCUT2D eigenvalue weighted by molar-refractivity contribution is -0.125. The number of thioether (sulfide) groups is 1. The van der Waals surface area contributed by atoms with Gasteiger partial charge in [-0.05, 0) is 56.4 Å². The molecule has 0 saturated carbocycles. The van der Waals surface area contributed by atoms with E-state index in [2.05, 4.69) is 65.0 Å². The molecule has 2 rings (SSSR count). The number of rotatable bonds is 3. The number of aliphatic hydroxyl groups excluding tert-OH is 1. The first-order chi connectivity index (χ1) is 14.2. The van der Waals surface area contributed by atoms with Gasteiger partial charge in [-0.2, -0.15) is 0 Å². The predicted octanol–water partition coefficient (Wildman–Crippen LogP) is 5.75.